The Hall–Kier alpha value is -2.69. The molecule has 0 atom stereocenters. The van der Waals surface area contributed by atoms with Gasteiger partial charge in [-0.15, -0.1) is 0 Å². The quantitative estimate of drug-likeness (QED) is 0.667. The van der Waals surface area contributed by atoms with Gasteiger partial charge in [-0.05, 0) is 48.9 Å². The van der Waals surface area contributed by atoms with Gasteiger partial charge in [0.2, 0.25) is 0 Å². The molecule has 0 aliphatic rings. The standard InChI is InChI=1S/C16H18N2O3/c1-10-8-12(9-14(15(10)17)16(19)21-3)18-11-4-6-13(20-2)7-5-11/h4-9,18H,17H2,1-3H3. The zero-order valence-corrected chi connectivity index (χ0v) is 12.3. The number of hydrogen-bond donors (Lipinski definition) is 2. The fourth-order valence-corrected chi connectivity index (χ4v) is 1.99. The van der Waals surface area contributed by atoms with Crippen LogP contribution in [0.2, 0.25) is 0 Å². The van der Waals surface area contributed by atoms with E-state index in [1.54, 1.807) is 13.2 Å². The minimum Gasteiger partial charge on any atom is -0.497 e. The van der Waals surface area contributed by atoms with Gasteiger partial charge in [0.05, 0.1) is 19.8 Å². The second-order valence-electron chi connectivity index (χ2n) is 4.60. The van der Waals surface area contributed by atoms with Gasteiger partial charge in [0.15, 0.2) is 0 Å². The van der Waals surface area contributed by atoms with Crippen LogP contribution in [0.1, 0.15) is 15.9 Å². The molecule has 21 heavy (non-hydrogen) atoms. The first-order chi connectivity index (χ1) is 10.0. The van der Waals surface area contributed by atoms with Crippen molar-refractivity contribution in [3.63, 3.8) is 0 Å². The van der Waals surface area contributed by atoms with Crippen molar-refractivity contribution in [1.29, 1.82) is 0 Å². The number of esters is 1. The summed E-state index contributed by atoms with van der Waals surface area (Å²) >= 11 is 0. The molecule has 0 aliphatic carbocycles. The monoisotopic (exact) mass is 286 g/mol. The number of benzene rings is 2. The lowest BCUT2D eigenvalue weighted by molar-refractivity contribution is 0.0602. The number of hydrogen-bond acceptors (Lipinski definition) is 5. The molecule has 0 bridgehead atoms. The molecule has 110 valence electrons. The summed E-state index contributed by atoms with van der Waals surface area (Å²) in [6.07, 6.45) is 0. The molecule has 0 fully saturated rings. The second kappa shape index (κ2) is 6.17. The predicted octanol–water partition coefficient (Wildman–Crippen LogP) is 3.12. The van der Waals surface area contributed by atoms with Crippen LogP contribution < -0.4 is 15.8 Å². The van der Waals surface area contributed by atoms with Crippen molar-refractivity contribution in [3.8, 4) is 5.75 Å². The van der Waals surface area contributed by atoms with Crippen LogP contribution in [-0.4, -0.2) is 20.2 Å². The molecule has 5 nitrogen and oxygen atoms in total. The Morgan fingerprint density at radius 1 is 1.10 bits per heavy atom. The number of rotatable bonds is 4. The first-order valence-corrected chi connectivity index (χ1v) is 6.44. The lowest BCUT2D eigenvalue weighted by Crippen LogP contribution is -2.08. The Morgan fingerprint density at radius 3 is 2.33 bits per heavy atom. The summed E-state index contributed by atoms with van der Waals surface area (Å²) in [4.78, 5) is 11.7. The maximum atomic E-state index is 11.7. The number of nitrogen functional groups attached to an aromatic ring is 1. The molecule has 2 aromatic rings. The van der Waals surface area contributed by atoms with E-state index in [4.69, 9.17) is 15.2 Å². The number of anilines is 3. The third kappa shape index (κ3) is 3.25. The van der Waals surface area contributed by atoms with Crippen molar-refractivity contribution >= 4 is 23.0 Å². The van der Waals surface area contributed by atoms with Crippen LogP contribution in [0.5, 0.6) is 5.75 Å². The maximum Gasteiger partial charge on any atom is 0.340 e. The number of carbonyl (C=O) groups excluding carboxylic acids is 1. The van der Waals surface area contributed by atoms with Gasteiger partial charge >= 0.3 is 5.97 Å². The molecule has 0 aliphatic heterocycles. The lowest BCUT2D eigenvalue weighted by atomic mass is 10.1. The van der Waals surface area contributed by atoms with Gasteiger partial charge in [0.1, 0.15) is 5.75 Å². The van der Waals surface area contributed by atoms with Crippen LogP contribution in [0.25, 0.3) is 0 Å². The number of ether oxygens (including phenoxy) is 2. The third-order valence-electron chi connectivity index (χ3n) is 3.17. The third-order valence-corrected chi connectivity index (χ3v) is 3.17. The summed E-state index contributed by atoms with van der Waals surface area (Å²) in [7, 11) is 2.95. The molecule has 2 aromatic carbocycles. The number of aryl methyl sites for hydroxylation is 1. The van der Waals surface area contributed by atoms with E-state index in [0.717, 1.165) is 22.7 Å². The highest BCUT2D eigenvalue weighted by molar-refractivity contribution is 5.97. The molecule has 0 saturated carbocycles. The molecule has 0 amide bonds. The van der Waals surface area contributed by atoms with Crippen LogP contribution >= 0.6 is 0 Å². The topological polar surface area (TPSA) is 73.6 Å². The minimum atomic E-state index is -0.450. The fourth-order valence-electron chi connectivity index (χ4n) is 1.99. The first-order valence-electron chi connectivity index (χ1n) is 6.44. The van der Waals surface area contributed by atoms with Crippen LogP contribution in [0.4, 0.5) is 17.1 Å². The summed E-state index contributed by atoms with van der Waals surface area (Å²) in [5, 5.41) is 3.22. The summed E-state index contributed by atoms with van der Waals surface area (Å²) in [6.45, 7) is 1.85. The molecule has 0 unspecified atom stereocenters. The van der Waals surface area contributed by atoms with E-state index in [1.807, 2.05) is 37.3 Å². The van der Waals surface area contributed by atoms with E-state index in [0.29, 0.717) is 11.3 Å². The number of nitrogens with two attached hydrogens (primary N) is 1. The molecule has 3 N–H and O–H groups in total. The van der Waals surface area contributed by atoms with Crippen molar-refractivity contribution in [3.05, 3.63) is 47.5 Å². The Labute approximate surface area is 123 Å². The Balaban J connectivity index is 2.31. The van der Waals surface area contributed by atoms with Crippen LogP contribution in [0.3, 0.4) is 0 Å². The Bertz CT molecular complexity index is 651. The van der Waals surface area contributed by atoms with Gasteiger partial charge in [-0.25, -0.2) is 4.79 Å². The average Bonchev–Trinajstić information content (AvgIpc) is 2.50. The normalized spacial score (nSPS) is 10.0. The number of methoxy groups -OCH3 is 2. The Kier molecular flexibility index (Phi) is 4.33. The van der Waals surface area contributed by atoms with E-state index in [1.165, 1.54) is 7.11 Å². The number of carbonyl (C=O) groups is 1. The number of nitrogens with one attached hydrogen (secondary N) is 1. The highest BCUT2D eigenvalue weighted by Crippen LogP contribution is 2.26. The summed E-state index contributed by atoms with van der Waals surface area (Å²) in [6, 6.07) is 11.1. The van der Waals surface area contributed by atoms with E-state index < -0.39 is 5.97 Å². The molecular formula is C16H18N2O3. The van der Waals surface area contributed by atoms with Crippen molar-refractivity contribution in [1.82, 2.24) is 0 Å². The molecule has 0 radical (unpaired) electrons. The average molecular weight is 286 g/mol. The SMILES string of the molecule is COC(=O)c1cc(Nc2ccc(OC)cc2)cc(C)c1N. The smallest absolute Gasteiger partial charge is 0.340 e. The van der Waals surface area contributed by atoms with Gasteiger partial charge in [-0.1, -0.05) is 0 Å². The molecule has 2 rings (SSSR count). The van der Waals surface area contributed by atoms with Gasteiger partial charge in [-0.2, -0.15) is 0 Å². The lowest BCUT2D eigenvalue weighted by Gasteiger charge is -2.12. The molecule has 0 aromatic heterocycles. The second-order valence-corrected chi connectivity index (χ2v) is 4.60. The maximum absolute atomic E-state index is 11.7. The van der Waals surface area contributed by atoms with E-state index in [2.05, 4.69) is 5.32 Å². The van der Waals surface area contributed by atoms with Crippen molar-refractivity contribution in [2.75, 3.05) is 25.3 Å². The van der Waals surface area contributed by atoms with Gasteiger partial charge in [0.25, 0.3) is 0 Å². The van der Waals surface area contributed by atoms with E-state index in [9.17, 15) is 4.79 Å². The molecular weight excluding hydrogens is 268 g/mol. The predicted molar refractivity (Wildman–Crippen MR) is 83.2 cm³/mol. The van der Waals surface area contributed by atoms with E-state index >= 15 is 0 Å². The van der Waals surface area contributed by atoms with Crippen LogP contribution in [-0.2, 0) is 4.74 Å². The minimum absolute atomic E-state index is 0.355. The van der Waals surface area contributed by atoms with Crippen molar-refractivity contribution in [2.45, 2.75) is 6.92 Å². The highest BCUT2D eigenvalue weighted by Gasteiger charge is 2.13. The van der Waals surface area contributed by atoms with Gasteiger partial charge in [0, 0.05) is 17.1 Å². The molecule has 0 spiro atoms. The summed E-state index contributed by atoms with van der Waals surface area (Å²) < 4.78 is 9.86. The zero-order valence-electron chi connectivity index (χ0n) is 12.3. The Morgan fingerprint density at radius 2 is 1.76 bits per heavy atom. The zero-order chi connectivity index (χ0) is 15.4. The first kappa shape index (κ1) is 14.7. The van der Waals surface area contributed by atoms with Gasteiger partial charge in [-0.3, -0.25) is 0 Å². The summed E-state index contributed by atoms with van der Waals surface area (Å²) in [5.41, 5.74) is 9.17. The molecule has 0 saturated heterocycles. The fraction of sp³-hybridized carbons (Fsp3) is 0.188. The van der Waals surface area contributed by atoms with Crippen LogP contribution in [0.15, 0.2) is 36.4 Å². The van der Waals surface area contributed by atoms with Gasteiger partial charge < -0.3 is 20.5 Å². The highest BCUT2D eigenvalue weighted by atomic mass is 16.5. The van der Waals surface area contributed by atoms with Crippen molar-refractivity contribution in [2.24, 2.45) is 0 Å². The molecule has 5 heteroatoms. The van der Waals surface area contributed by atoms with E-state index in [-0.39, 0.29) is 0 Å². The van der Waals surface area contributed by atoms with Crippen molar-refractivity contribution < 1.29 is 14.3 Å². The largest absolute Gasteiger partial charge is 0.497 e. The summed E-state index contributed by atoms with van der Waals surface area (Å²) in [5.74, 6) is 0.332. The molecule has 0 heterocycles. The van der Waals surface area contributed by atoms with Crippen LogP contribution in [0, 0.1) is 6.92 Å².